The minimum Gasteiger partial charge on any atom is -0.323 e. The molecule has 1 saturated carbocycles. The van der Waals surface area contributed by atoms with Crippen LogP contribution in [0.4, 0.5) is 4.79 Å². The molecule has 0 radical (unpaired) electrons. The molecule has 1 N–H and O–H groups in total. The highest BCUT2D eigenvalue weighted by Crippen LogP contribution is 2.36. The van der Waals surface area contributed by atoms with Crippen LogP contribution in [0.3, 0.4) is 0 Å². The maximum absolute atomic E-state index is 13.0. The van der Waals surface area contributed by atoms with Gasteiger partial charge in [-0.1, -0.05) is 13.0 Å². The van der Waals surface area contributed by atoms with Crippen molar-refractivity contribution < 1.29 is 18.0 Å². The van der Waals surface area contributed by atoms with E-state index in [1.54, 1.807) is 17.5 Å². The fourth-order valence-electron chi connectivity index (χ4n) is 4.25. The van der Waals surface area contributed by atoms with E-state index in [0.717, 1.165) is 12.8 Å². The molecule has 1 aromatic rings. The topological polar surface area (TPSA) is 90.0 Å². The average molecular weight is 427 g/mol. The molecule has 10 heteroatoms. The molecule has 154 valence electrons. The van der Waals surface area contributed by atoms with Crippen molar-refractivity contribution >= 4 is 33.3 Å². The predicted octanol–water partition coefficient (Wildman–Crippen LogP) is 1.51. The second kappa shape index (κ2) is 7.40. The lowest BCUT2D eigenvalue weighted by atomic mass is 9.77. The number of sulfonamides is 1. The van der Waals surface area contributed by atoms with Crippen molar-refractivity contribution in [2.24, 2.45) is 5.92 Å². The summed E-state index contributed by atoms with van der Waals surface area (Å²) in [5.74, 6) is 0.459. The van der Waals surface area contributed by atoms with Crippen molar-refractivity contribution in [3.05, 3.63) is 17.5 Å². The van der Waals surface area contributed by atoms with Crippen molar-refractivity contribution in [2.75, 3.05) is 32.8 Å². The summed E-state index contributed by atoms with van der Waals surface area (Å²) in [5.41, 5.74) is -0.728. The van der Waals surface area contributed by atoms with Gasteiger partial charge in [0.1, 0.15) is 9.75 Å². The molecule has 0 unspecified atom stereocenters. The first kappa shape index (κ1) is 19.8. The number of thiophene rings is 1. The van der Waals surface area contributed by atoms with Gasteiger partial charge in [-0.05, 0) is 43.0 Å². The molecule has 3 fully saturated rings. The third kappa shape index (κ3) is 3.47. The van der Waals surface area contributed by atoms with Crippen LogP contribution in [0.25, 0.3) is 0 Å². The molecule has 1 aromatic heterocycles. The lowest BCUT2D eigenvalue weighted by Crippen LogP contribution is -2.53. The SMILES string of the molecule is CC1CCC2(CC1)NC(=O)N(CN1CCN(S(=O)(=O)c3cccs3)CC1)C2=O. The molecule has 1 aliphatic carbocycles. The zero-order chi connectivity index (χ0) is 19.9. The first-order chi connectivity index (χ1) is 13.3. The second-order valence-corrected chi connectivity index (χ2v) is 11.1. The number of nitrogens with one attached hydrogen (secondary N) is 1. The van der Waals surface area contributed by atoms with Crippen LogP contribution < -0.4 is 5.32 Å². The maximum atomic E-state index is 13.0. The minimum atomic E-state index is -3.45. The summed E-state index contributed by atoms with van der Waals surface area (Å²) in [5, 5.41) is 4.69. The normalized spacial score (nSPS) is 30.2. The number of rotatable bonds is 4. The van der Waals surface area contributed by atoms with Crippen molar-refractivity contribution in [3.63, 3.8) is 0 Å². The molecule has 4 rings (SSSR count). The van der Waals surface area contributed by atoms with E-state index in [1.165, 1.54) is 20.5 Å². The average Bonchev–Trinajstić information content (AvgIpc) is 3.29. The summed E-state index contributed by atoms with van der Waals surface area (Å²) < 4.78 is 27.1. The van der Waals surface area contributed by atoms with Crippen molar-refractivity contribution in [1.82, 2.24) is 19.4 Å². The summed E-state index contributed by atoms with van der Waals surface area (Å²) in [7, 11) is -3.45. The van der Waals surface area contributed by atoms with Gasteiger partial charge in [0.05, 0.1) is 6.67 Å². The Hall–Kier alpha value is -1.49. The Bertz CT molecular complexity index is 839. The van der Waals surface area contributed by atoms with Crippen LogP contribution in [0.5, 0.6) is 0 Å². The number of hydrogen-bond donors (Lipinski definition) is 1. The molecule has 1 spiro atoms. The number of carbonyl (C=O) groups is 2. The molecular weight excluding hydrogens is 400 g/mol. The Balaban J connectivity index is 1.36. The number of urea groups is 1. The number of hydrogen-bond acceptors (Lipinski definition) is 6. The summed E-state index contributed by atoms with van der Waals surface area (Å²) in [4.78, 5) is 28.7. The van der Waals surface area contributed by atoms with E-state index < -0.39 is 15.6 Å². The number of imide groups is 1. The molecule has 0 atom stereocenters. The standard InChI is InChI=1S/C18H26N4O4S2/c1-14-4-6-18(7-5-14)16(23)22(17(24)19-18)13-20-8-10-21(11-9-20)28(25,26)15-3-2-12-27-15/h2-3,12,14H,4-11,13H2,1H3,(H,19,24). The van der Waals surface area contributed by atoms with Gasteiger partial charge < -0.3 is 5.32 Å². The molecule has 8 nitrogen and oxygen atoms in total. The third-order valence-corrected chi connectivity index (χ3v) is 9.41. The first-order valence-corrected chi connectivity index (χ1v) is 12.0. The molecule has 2 aliphatic heterocycles. The third-order valence-electron chi connectivity index (χ3n) is 6.14. The van der Waals surface area contributed by atoms with E-state index >= 15 is 0 Å². The van der Waals surface area contributed by atoms with Crippen LogP contribution in [-0.2, 0) is 14.8 Å². The van der Waals surface area contributed by atoms with Gasteiger partial charge in [-0.2, -0.15) is 4.31 Å². The fraction of sp³-hybridized carbons (Fsp3) is 0.667. The van der Waals surface area contributed by atoms with E-state index in [0.29, 0.717) is 49.1 Å². The van der Waals surface area contributed by atoms with E-state index in [4.69, 9.17) is 0 Å². The minimum absolute atomic E-state index is 0.127. The van der Waals surface area contributed by atoms with E-state index in [9.17, 15) is 18.0 Å². The van der Waals surface area contributed by atoms with E-state index in [2.05, 4.69) is 12.2 Å². The Morgan fingerprint density at radius 1 is 1.18 bits per heavy atom. The van der Waals surface area contributed by atoms with Crippen molar-refractivity contribution in [3.8, 4) is 0 Å². The number of amides is 3. The molecule has 3 amide bonds. The number of piperazine rings is 1. The number of carbonyl (C=O) groups excluding carboxylic acids is 2. The van der Waals surface area contributed by atoms with Gasteiger partial charge in [-0.25, -0.2) is 18.1 Å². The van der Waals surface area contributed by atoms with Gasteiger partial charge in [0.2, 0.25) is 0 Å². The Kier molecular flexibility index (Phi) is 5.24. The summed E-state index contributed by atoms with van der Waals surface area (Å²) in [6.07, 6.45) is 3.28. The summed E-state index contributed by atoms with van der Waals surface area (Å²) in [6.45, 7) is 4.08. The molecule has 0 bridgehead atoms. The largest absolute Gasteiger partial charge is 0.326 e. The van der Waals surface area contributed by atoms with Crippen molar-refractivity contribution in [2.45, 2.75) is 42.4 Å². The second-order valence-electron chi connectivity index (χ2n) is 8.02. The van der Waals surface area contributed by atoms with Gasteiger partial charge >= 0.3 is 6.03 Å². The maximum Gasteiger partial charge on any atom is 0.326 e. The molecule has 3 heterocycles. The van der Waals surface area contributed by atoms with Crippen LogP contribution in [0.15, 0.2) is 21.7 Å². The highest BCUT2D eigenvalue weighted by molar-refractivity contribution is 7.91. The molecule has 2 saturated heterocycles. The highest BCUT2D eigenvalue weighted by atomic mass is 32.2. The van der Waals surface area contributed by atoms with Crippen LogP contribution in [0, 0.1) is 5.92 Å². The van der Waals surface area contributed by atoms with Crippen LogP contribution in [0.2, 0.25) is 0 Å². The first-order valence-electron chi connectivity index (χ1n) is 9.72. The Morgan fingerprint density at radius 2 is 1.86 bits per heavy atom. The molecule has 28 heavy (non-hydrogen) atoms. The molecular formula is C18H26N4O4S2. The monoisotopic (exact) mass is 426 g/mol. The van der Waals surface area contributed by atoms with Crippen LogP contribution in [0.1, 0.15) is 32.6 Å². The van der Waals surface area contributed by atoms with E-state index in [1.807, 2.05) is 4.90 Å². The van der Waals surface area contributed by atoms with Gasteiger partial charge in [0.25, 0.3) is 15.9 Å². The predicted molar refractivity (Wildman–Crippen MR) is 105 cm³/mol. The summed E-state index contributed by atoms with van der Waals surface area (Å²) in [6, 6.07) is 3.02. The zero-order valence-corrected chi connectivity index (χ0v) is 17.6. The Morgan fingerprint density at radius 3 is 2.46 bits per heavy atom. The quantitative estimate of drug-likeness (QED) is 0.737. The highest BCUT2D eigenvalue weighted by Gasteiger charge is 2.52. The van der Waals surface area contributed by atoms with Gasteiger partial charge in [-0.15, -0.1) is 11.3 Å². The van der Waals surface area contributed by atoms with Gasteiger partial charge in [-0.3, -0.25) is 9.69 Å². The number of nitrogens with zero attached hydrogens (tertiary/aromatic N) is 3. The zero-order valence-electron chi connectivity index (χ0n) is 16.0. The van der Waals surface area contributed by atoms with Gasteiger partial charge in [0.15, 0.2) is 0 Å². The van der Waals surface area contributed by atoms with Crippen LogP contribution in [-0.4, -0.2) is 72.8 Å². The fourth-order valence-corrected chi connectivity index (χ4v) is 6.81. The van der Waals surface area contributed by atoms with E-state index in [-0.39, 0.29) is 18.6 Å². The lowest BCUT2D eigenvalue weighted by molar-refractivity contribution is -0.134. The van der Waals surface area contributed by atoms with Crippen molar-refractivity contribution in [1.29, 1.82) is 0 Å². The van der Waals surface area contributed by atoms with Crippen LogP contribution >= 0.6 is 11.3 Å². The van der Waals surface area contributed by atoms with Gasteiger partial charge in [0, 0.05) is 26.2 Å². The lowest BCUT2D eigenvalue weighted by Gasteiger charge is -2.36. The Labute approximate surface area is 169 Å². The summed E-state index contributed by atoms with van der Waals surface area (Å²) >= 11 is 1.21. The molecule has 3 aliphatic rings. The smallest absolute Gasteiger partial charge is 0.323 e. The molecule has 0 aromatic carbocycles.